The average molecular weight is 249 g/mol. The first-order valence-electron chi connectivity index (χ1n) is 6.69. The minimum absolute atomic E-state index is 0.110. The van der Waals surface area contributed by atoms with Crippen molar-refractivity contribution in [1.29, 1.82) is 0 Å². The van der Waals surface area contributed by atoms with Gasteiger partial charge < -0.3 is 10.1 Å². The smallest absolute Gasteiger partial charge is 0.133 e. The lowest BCUT2D eigenvalue weighted by Crippen LogP contribution is -2.35. The quantitative estimate of drug-likeness (QED) is 0.892. The topological polar surface area (TPSA) is 47.0 Å². The molecular weight excluding hydrogens is 226 g/mol. The highest BCUT2D eigenvalue weighted by atomic mass is 16.5. The highest BCUT2D eigenvalue weighted by Crippen LogP contribution is 2.22. The Labute approximate surface area is 109 Å². The lowest BCUT2D eigenvalue weighted by Gasteiger charge is -2.22. The van der Waals surface area contributed by atoms with Crippen LogP contribution in [0.1, 0.15) is 51.0 Å². The third kappa shape index (κ3) is 4.03. The van der Waals surface area contributed by atoms with E-state index in [0.717, 1.165) is 44.1 Å². The van der Waals surface area contributed by atoms with Gasteiger partial charge in [-0.25, -0.2) is 9.97 Å². The summed E-state index contributed by atoms with van der Waals surface area (Å²) in [6, 6.07) is 1.98. The third-order valence-electron chi connectivity index (χ3n) is 3.06. The highest BCUT2D eigenvalue weighted by molar-refractivity contribution is 5.06. The number of nitrogens with zero attached hydrogens (tertiary/aromatic N) is 2. The summed E-state index contributed by atoms with van der Waals surface area (Å²) in [5, 5.41) is 3.45. The average Bonchev–Trinajstić information content (AvgIpc) is 2.37. The highest BCUT2D eigenvalue weighted by Gasteiger charge is 2.19. The predicted octanol–water partition coefficient (Wildman–Crippen LogP) is 2.26. The van der Waals surface area contributed by atoms with Crippen molar-refractivity contribution >= 4 is 0 Å². The maximum absolute atomic E-state index is 5.49. The van der Waals surface area contributed by atoms with Crippen LogP contribution in [0.3, 0.4) is 0 Å². The molecule has 0 bridgehead atoms. The van der Waals surface area contributed by atoms with E-state index < -0.39 is 0 Å². The Hall–Kier alpha value is -1.00. The molecule has 4 heteroatoms. The van der Waals surface area contributed by atoms with E-state index in [9.17, 15) is 0 Å². The number of nitrogens with one attached hydrogen (secondary N) is 1. The summed E-state index contributed by atoms with van der Waals surface area (Å²) in [4.78, 5) is 9.03. The van der Waals surface area contributed by atoms with E-state index in [4.69, 9.17) is 4.74 Å². The van der Waals surface area contributed by atoms with Gasteiger partial charge in [0.15, 0.2) is 0 Å². The van der Waals surface area contributed by atoms with Crippen molar-refractivity contribution in [3.63, 3.8) is 0 Å². The van der Waals surface area contributed by atoms with E-state index in [0.29, 0.717) is 5.92 Å². The summed E-state index contributed by atoms with van der Waals surface area (Å²) in [6.45, 7) is 8.89. The van der Waals surface area contributed by atoms with Crippen LogP contribution in [0.2, 0.25) is 0 Å². The van der Waals surface area contributed by atoms with Crippen LogP contribution < -0.4 is 5.32 Å². The second-order valence-electron chi connectivity index (χ2n) is 5.92. The van der Waals surface area contributed by atoms with Gasteiger partial charge in [-0.1, -0.05) is 0 Å². The Morgan fingerprint density at radius 1 is 1.44 bits per heavy atom. The molecule has 0 aliphatic carbocycles. The summed E-state index contributed by atoms with van der Waals surface area (Å²) >= 11 is 0. The minimum atomic E-state index is 0.110. The van der Waals surface area contributed by atoms with Gasteiger partial charge in [-0.05, 0) is 39.7 Å². The van der Waals surface area contributed by atoms with Crippen LogP contribution in [-0.4, -0.2) is 28.7 Å². The van der Waals surface area contributed by atoms with Crippen LogP contribution in [0.25, 0.3) is 0 Å². The van der Waals surface area contributed by atoms with Crippen molar-refractivity contribution in [3.8, 4) is 0 Å². The minimum Gasteiger partial charge on any atom is -0.381 e. The molecule has 1 N–H and O–H groups in total. The second kappa shape index (κ2) is 5.76. The molecule has 1 fully saturated rings. The number of rotatable bonds is 3. The molecule has 0 amide bonds. The van der Waals surface area contributed by atoms with Gasteiger partial charge in [0.1, 0.15) is 5.82 Å². The molecule has 100 valence electrons. The molecule has 1 saturated heterocycles. The van der Waals surface area contributed by atoms with Gasteiger partial charge in [-0.2, -0.15) is 0 Å². The van der Waals surface area contributed by atoms with Crippen molar-refractivity contribution in [1.82, 2.24) is 15.3 Å². The molecule has 18 heavy (non-hydrogen) atoms. The van der Waals surface area contributed by atoms with Crippen LogP contribution in [0.5, 0.6) is 0 Å². The fraction of sp³-hybridized carbons (Fsp3) is 0.714. The van der Waals surface area contributed by atoms with Crippen molar-refractivity contribution in [2.45, 2.75) is 51.6 Å². The molecule has 0 aromatic carbocycles. The van der Waals surface area contributed by atoms with E-state index >= 15 is 0 Å². The fourth-order valence-corrected chi connectivity index (χ4v) is 2.01. The molecular formula is C14H23N3O. The van der Waals surface area contributed by atoms with Crippen molar-refractivity contribution in [2.24, 2.45) is 0 Å². The molecule has 2 heterocycles. The maximum Gasteiger partial charge on any atom is 0.133 e. The molecule has 0 radical (unpaired) electrons. The van der Waals surface area contributed by atoms with E-state index in [-0.39, 0.29) is 5.54 Å². The number of aromatic nitrogens is 2. The van der Waals surface area contributed by atoms with Crippen molar-refractivity contribution < 1.29 is 4.74 Å². The van der Waals surface area contributed by atoms with E-state index in [1.807, 2.05) is 12.3 Å². The van der Waals surface area contributed by atoms with Crippen LogP contribution in [0.4, 0.5) is 0 Å². The molecule has 1 unspecified atom stereocenters. The lowest BCUT2D eigenvalue weighted by molar-refractivity contribution is 0.0779. The van der Waals surface area contributed by atoms with E-state index in [2.05, 4.69) is 36.1 Å². The summed E-state index contributed by atoms with van der Waals surface area (Å²) in [7, 11) is 0. The largest absolute Gasteiger partial charge is 0.381 e. The van der Waals surface area contributed by atoms with Crippen LogP contribution >= 0.6 is 0 Å². The van der Waals surface area contributed by atoms with Gasteiger partial charge in [0.05, 0.1) is 12.3 Å². The number of ether oxygens (including phenoxy) is 1. The Morgan fingerprint density at radius 2 is 2.28 bits per heavy atom. The molecule has 1 aromatic rings. The zero-order chi connectivity index (χ0) is 13.0. The van der Waals surface area contributed by atoms with Gasteiger partial charge in [0.25, 0.3) is 0 Å². The number of hydrogen-bond acceptors (Lipinski definition) is 4. The summed E-state index contributed by atoms with van der Waals surface area (Å²) in [5.74, 6) is 1.30. The maximum atomic E-state index is 5.49. The van der Waals surface area contributed by atoms with Crippen molar-refractivity contribution in [3.05, 3.63) is 23.8 Å². The molecule has 0 spiro atoms. The Kier molecular flexibility index (Phi) is 4.30. The van der Waals surface area contributed by atoms with Crippen molar-refractivity contribution in [2.75, 3.05) is 13.2 Å². The fourth-order valence-electron chi connectivity index (χ4n) is 2.01. The molecule has 0 saturated carbocycles. The first-order chi connectivity index (χ1) is 8.54. The monoisotopic (exact) mass is 249 g/mol. The lowest BCUT2D eigenvalue weighted by atomic mass is 10.0. The van der Waals surface area contributed by atoms with Gasteiger partial charge >= 0.3 is 0 Å². The summed E-state index contributed by atoms with van der Waals surface area (Å²) in [5.41, 5.74) is 1.17. The zero-order valence-corrected chi connectivity index (χ0v) is 11.6. The van der Waals surface area contributed by atoms with Crippen LogP contribution in [0.15, 0.2) is 12.3 Å². The zero-order valence-electron chi connectivity index (χ0n) is 11.6. The summed E-state index contributed by atoms with van der Waals surface area (Å²) in [6.07, 6.45) is 4.10. The SMILES string of the molecule is CC(C)(C)NCc1ccnc(C2CCCOC2)n1. The van der Waals surface area contributed by atoms with Crippen LogP contribution in [0, 0.1) is 0 Å². The number of hydrogen-bond donors (Lipinski definition) is 1. The Bertz CT molecular complexity index is 381. The Morgan fingerprint density at radius 3 is 2.94 bits per heavy atom. The molecule has 1 aliphatic rings. The van der Waals surface area contributed by atoms with Gasteiger partial charge in [-0.15, -0.1) is 0 Å². The predicted molar refractivity (Wildman–Crippen MR) is 71.4 cm³/mol. The van der Waals surface area contributed by atoms with E-state index in [1.165, 1.54) is 0 Å². The first kappa shape index (κ1) is 13.4. The molecule has 1 aliphatic heterocycles. The van der Waals surface area contributed by atoms with Gasteiger partial charge in [0.2, 0.25) is 0 Å². The van der Waals surface area contributed by atoms with E-state index in [1.54, 1.807) is 0 Å². The van der Waals surface area contributed by atoms with Gasteiger partial charge in [0, 0.05) is 30.8 Å². The van der Waals surface area contributed by atoms with Crippen LogP contribution in [-0.2, 0) is 11.3 Å². The molecule has 1 atom stereocenters. The summed E-state index contributed by atoms with van der Waals surface area (Å²) < 4.78 is 5.49. The van der Waals surface area contributed by atoms with Gasteiger partial charge in [-0.3, -0.25) is 0 Å². The second-order valence-corrected chi connectivity index (χ2v) is 5.92. The molecule has 2 rings (SSSR count). The first-order valence-corrected chi connectivity index (χ1v) is 6.69. The molecule has 4 nitrogen and oxygen atoms in total. The Balaban J connectivity index is 2.00. The standard InChI is InChI=1S/C14H23N3O/c1-14(2,3)16-9-12-6-7-15-13(17-12)11-5-4-8-18-10-11/h6-7,11,16H,4-5,8-10H2,1-3H3. The normalized spacial score (nSPS) is 20.9. The third-order valence-corrected chi connectivity index (χ3v) is 3.06. The molecule has 1 aromatic heterocycles.